The number of nitrogens with zero attached hydrogens (tertiary/aromatic N) is 3. The van der Waals surface area contributed by atoms with E-state index in [1.54, 1.807) is 18.6 Å². The molecule has 3 rings (SSSR count). The van der Waals surface area contributed by atoms with Crippen LogP contribution in [0.15, 0.2) is 64.9 Å². The summed E-state index contributed by atoms with van der Waals surface area (Å²) in [5.74, 6) is 1.57. The minimum atomic E-state index is 0.348. The molecule has 0 bridgehead atoms. The molecule has 0 saturated heterocycles. The molecular formula is C17H16N4OS. The number of nitrogens with two attached hydrogens (primary N) is 1. The maximum Gasteiger partial charge on any atom is 0.170 e. The Hall–Kier alpha value is -2.60. The quantitative estimate of drug-likeness (QED) is 0.766. The Morgan fingerprint density at radius 1 is 1.04 bits per heavy atom. The van der Waals surface area contributed by atoms with Gasteiger partial charge in [0.15, 0.2) is 11.6 Å². The molecule has 0 saturated carbocycles. The molecule has 23 heavy (non-hydrogen) atoms. The molecule has 2 N–H and O–H groups in total. The number of hydrogen-bond acceptors (Lipinski definition) is 6. The fraction of sp³-hybridized carbons (Fsp3) is 0.118. The zero-order valence-electron chi connectivity index (χ0n) is 12.6. The highest BCUT2D eigenvalue weighted by Gasteiger charge is 2.10. The zero-order valence-corrected chi connectivity index (χ0v) is 13.5. The maximum absolute atomic E-state index is 5.94. The Bertz CT molecular complexity index is 796. The molecule has 116 valence electrons. The second-order valence-corrected chi connectivity index (χ2v) is 5.82. The smallest absolute Gasteiger partial charge is 0.170 e. The van der Waals surface area contributed by atoms with E-state index in [1.807, 2.05) is 43.3 Å². The molecule has 3 heterocycles. The van der Waals surface area contributed by atoms with Crippen LogP contribution in [0, 0.1) is 0 Å². The molecule has 0 aromatic carbocycles. The fourth-order valence-electron chi connectivity index (χ4n) is 2.00. The summed E-state index contributed by atoms with van der Waals surface area (Å²) < 4.78 is 5.93. The van der Waals surface area contributed by atoms with Gasteiger partial charge in [0.1, 0.15) is 10.8 Å². The number of aromatic nitrogens is 3. The summed E-state index contributed by atoms with van der Waals surface area (Å²) in [7, 11) is 0. The van der Waals surface area contributed by atoms with Crippen molar-refractivity contribution in [3.05, 3.63) is 60.7 Å². The first-order chi connectivity index (χ1) is 11.3. The second kappa shape index (κ2) is 7.11. The summed E-state index contributed by atoms with van der Waals surface area (Å²) in [4.78, 5) is 13.7. The highest BCUT2D eigenvalue weighted by Crippen LogP contribution is 2.33. The van der Waals surface area contributed by atoms with E-state index in [0.29, 0.717) is 17.3 Å². The van der Waals surface area contributed by atoms with Gasteiger partial charge in [0.25, 0.3) is 0 Å². The summed E-state index contributed by atoms with van der Waals surface area (Å²) in [5, 5.41) is 0.889. The number of hydrogen-bond donors (Lipinski definition) is 1. The first-order valence-corrected chi connectivity index (χ1v) is 8.04. The number of rotatable bonds is 5. The molecule has 0 unspecified atom stereocenters. The van der Waals surface area contributed by atoms with E-state index in [0.717, 1.165) is 22.0 Å². The summed E-state index contributed by atoms with van der Waals surface area (Å²) in [6, 6.07) is 11.4. The summed E-state index contributed by atoms with van der Waals surface area (Å²) >= 11 is 1.51. The van der Waals surface area contributed by atoms with Crippen molar-refractivity contribution >= 4 is 17.6 Å². The normalized spacial score (nSPS) is 10.5. The van der Waals surface area contributed by atoms with Crippen molar-refractivity contribution in [1.82, 2.24) is 15.0 Å². The predicted molar refractivity (Wildman–Crippen MR) is 90.7 cm³/mol. The number of ether oxygens (including phenoxy) is 1. The van der Waals surface area contributed by atoms with Crippen LogP contribution in [0.3, 0.4) is 0 Å². The SMILES string of the molecule is CCc1ncccc1Oc1cc(Sc2ccccn2)cnc1N. The Labute approximate surface area is 139 Å². The van der Waals surface area contributed by atoms with E-state index >= 15 is 0 Å². The van der Waals surface area contributed by atoms with Gasteiger partial charge in [-0.05, 0) is 30.7 Å². The van der Waals surface area contributed by atoms with E-state index in [-0.39, 0.29) is 0 Å². The van der Waals surface area contributed by atoms with Crippen molar-refractivity contribution in [3.63, 3.8) is 0 Å². The zero-order chi connectivity index (χ0) is 16.1. The summed E-state index contributed by atoms with van der Waals surface area (Å²) in [6.07, 6.45) is 6.01. The lowest BCUT2D eigenvalue weighted by atomic mass is 10.2. The number of nitrogen functional groups attached to an aromatic ring is 1. The number of aryl methyl sites for hydroxylation is 1. The van der Waals surface area contributed by atoms with Crippen LogP contribution in [0.25, 0.3) is 0 Å². The third-order valence-electron chi connectivity index (χ3n) is 3.12. The van der Waals surface area contributed by atoms with Gasteiger partial charge in [0, 0.05) is 29.6 Å². The highest BCUT2D eigenvalue weighted by molar-refractivity contribution is 7.99. The Morgan fingerprint density at radius 3 is 2.70 bits per heavy atom. The highest BCUT2D eigenvalue weighted by atomic mass is 32.2. The lowest BCUT2D eigenvalue weighted by molar-refractivity contribution is 0.472. The number of pyridine rings is 3. The second-order valence-electron chi connectivity index (χ2n) is 4.73. The molecular weight excluding hydrogens is 308 g/mol. The van der Waals surface area contributed by atoms with E-state index in [9.17, 15) is 0 Å². The molecule has 0 fully saturated rings. The van der Waals surface area contributed by atoms with Gasteiger partial charge < -0.3 is 10.5 Å². The predicted octanol–water partition coefficient (Wildman–Crippen LogP) is 3.96. The van der Waals surface area contributed by atoms with Crippen molar-refractivity contribution in [2.75, 3.05) is 5.73 Å². The van der Waals surface area contributed by atoms with E-state index in [4.69, 9.17) is 10.5 Å². The van der Waals surface area contributed by atoms with Crippen LogP contribution in [-0.2, 0) is 6.42 Å². The molecule has 0 radical (unpaired) electrons. The summed E-state index contributed by atoms with van der Waals surface area (Å²) in [6.45, 7) is 2.03. The Balaban J connectivity index is 1.86. The lowest BCUT2D eigenvalue weighted by Gasteiger charge is -2.11. The average molecular weight is 324 g/mol. The molecule has 0 atom stereocenters. The van der Waals surface area contributed by atoms with Crippen LogP contribution in [0.5, 0.6) is 11.5 Å². The van der Waals surface area contributed by atoms with E-state index in [2.05, 4.69) is 15.0 Å². The van der Waals surface area contributed by atoms with E-state index < -0.39 is 0 Å². The van der Waals surface area contributed by atoms with E-state index in [1.165, 1.54) is 11.8 Å². The van der Waals surface area contributed by atoms with Crippen molar-refractivity contribution in [2.45, 2.75) is 23.3 Å². The van der Waals surface area contributed by atoms with Crippen LogP contribution in [0.1, 0.15) is 12.6 Å². The van der Waals surface area contributed by atoms with Crippen molar-refractivity contribution in [2.24, 2.45) is 0 Å². The minimum absolute atomic E-state index is 0.348. The van der Waals surface area contributed by atoms with Crippen molar-refractivity contribution < 1.29 is 4.74 Å². The van der Waals surface area contributed by atoms with Gasteiger partial charge in [0.05, 0.1) is 5.69 Å². The van der Waals surface area contributed by atoms with Crippen LogP contribution in [0.2, 0.25) is 0 Å². The van der Waals surface area contributed by atoms with Crippen LogP contribution in [-0.4, -0.2) is 15.0 Å². The first kappa shape index (κ1) is 15.3. The van der Waals surface area contributed by atoms with Crippen LogP contribution < -0.4 is 10.5 Å². The molecule has 3 aromatic heterocycles. The molecule has 3 aromatic rings. The monoisotopic (exact) mass is 324 g/mol. The van der Waals surface area contributed by atoms with Gasteiger partial charge >= 0.3 is 0 Å². The van der Waals surface area contributed by atoms with Gasteiger partial charge in [-0.25, -0.2) is 9.97 Å². The molecule has 6 heteroatoms. The van der Waals surface area contributed by atoms with Crippen molar-refractivity contribution in [3.8, 4) is 11.5 Å². The van der Waals surface area contributed by atoms with Gasteiger partial charge in [0.2, 0.25) is 0 Å². The van der Waals surface area contributed by atoms with Gasteiger partial charge in [-0.3, -0.25) is 4.98 Å². The van der Waals surface area contributed by atoms with Gasteiger partial charge in [-0.15, -0.1) is 0 Å². The lowest BCUT2D eigenvalue weighted by Crippen LogP contribution is -1.98. The van der Waals surface area contributed by atoms with Crippen LogP contribution in [0.4, 0.5) is 5.82 Å². The molecule has 0 aliphatic rings. The standard InChI is InChI=1S/C17H16N4OS/c1-2-13-14(6-5-9-19-13)22-15-10-12(11-21-17(15)18)23-16-7-3-4-8-20-16/h3-11H,2H2,1H3,(H2,18,21). The molecule has 0 spiro atoms. The summed E-state index contributed by atoms with van der Waals surface area (Å²) in [5.41, 5.74) is 6.82. The topological polar surface area (TPSA) is 73.9 Å². The van der Waals surface area contributed by atoms with Crippen molar-refractivity contribution in [1.29, 1.82) is 0 Å². The Morgan fingerprint density at radius 2 is 1.91 bits per heavy atom. The van der Waals surface area contributed by atoms with Gasteiger partial charge in [-0.1, -0.05) is 24.8 Å². The average Bonchev–Trinajstić information content (AvgIpc) is 2.59. The largest absolute Gasteiger partial charge is 0.452 e. The third kappa shape index (κ3) is 3.78. The first-order valence-electron chi connectivity index (χ1n) is 7.22. The third-order valence-corrected chi connectivity index (χ3v) is 4.03. The Kier molecular flexibility index (Phi) is 4.73. The fourth-order valence-corrected chi connectivity index (χ4v) is 2.78. The number of anilines is 1. The van der Waals surface area contributed by atoms with Crippen LogP contribution >= 0.6 is 11.8 Å². The van der Waals surface area contributed by atoms with Gasteiger partial charge in [-0.2, -0.15) is 0 Å². The molecule has 0 aliphatic heterocycles. The molecule has 0 aliphatic carbocycles. The molecule has 0 amide bonds. The molecule has 5 nitrogen and oxygen atoms in total. The minimum Gasteiger partial charge on any atom is -0.452 e. The maximum atomic E-state index is 5.94.